The van der Waals surface area contributed by atoms with Crippen molar-refractivity contribution in [3.63, 3.8) is 0 Å². The van der Waals surface area contributed by atoms with Crippen molar-refractivity contribution < 1.29 is 19.1 Å². The number of carbonyl (C=O) groups excluding carboxylic acids is 2. The number of hydrogen-bond donors (Lipinski definition) is 1. The van der Waals surface area contributed by atoms with E-state index in [4.69, 9.17) is 9.47 Å². The Morgan fingerprint density at radius 3 is 2.58 bits per heavy atom. The van der Waals surface area contributed by atoms with Gasteiger partial charge in [0, 0.05) is 6.42 Å². The third kappa shape index (κ3) is 5.58. The van der Waals surface area contributed by atoms with Crippen molar-refractivity contribution in [1.82, 2.24) is 5.32 Å². The molecule has 0 heterocycles. The topological polar surface area (TPSA) is 88.4 Å². The maximum atomic E-state index is 11.8. The minimum atomic E-state index is -0.785. The molecular weight excluding hydrogens is 308 g/mol. The molecule has 0 aliphatic heterocycles. The lowest BCUT2D eigenvalue weighted by atomic mass is 10.00. The first-order chi connectivity index (χ1) is 11.6. The van der Waals surface area contributed by atoms with E-state index in [1.807, 2.05) is 30.3 Å². The third-order valence-corrected chi connectivity index (χ3v) is 3.95. The standard InChI is InChI=1S/C18H22N2O4/c19-14-18(10-4-5-11-18)20-16(21)13-24-17(22)9-6-12-23-15-7-2-1-3-8-15/h1-3,7-8H,4-6,9-13H2,(H,20,21). The maximum absolute atomic E-state index is 11.8. The summed E-state index contributed by atoms with van der Waals surface area (Å²) in [5, 5.41) is 11.9. The molecule has 1 aromatic rings. The number of para-hydroxylation sites is 1. The smallest absolute Gasteiger partial charge is 0.306 e. The molecule has 2 rings (SSSR count). The van der Waals surface area contributed by atoms with Crippen LogP contribution in [0.5, 0.6) is 5.75 Å². The Bertz CT molecular complexity index is 589. The molecule has 24 heavy (non-hydrogen) atoms. The molecule has 1 N–H and O–H groups in total. The lowest BCUT2D eigenvalue weighted by molar-refractivity contribution is -0.149. The van der Waals surface area contributed by atoms with Gasteiger partial charge in [-0.05, 0) is 44.2 Å². The second kappa shape index (κ2) is 8.92. The average Bonchev–Trinajstić information content (AvgIpc) is 3.07. The number of nitriles is 1. The summed E-state index contributed by atoms with van der Waals surface area (Å²) in [6.45, 7) is 0.0602. The van der Waals surface area contributed by atoms with E-state index in [-0.39, 0.29) is 13.0 Å². The van der Waals surface area contributed by atoms with Gasteiger partial charge in [0.2, 0.25) is 0 Å². The number of benzene rings is 1. The molecule has 0 saturated heterocycles. The fourth-order valence-electron chi connectivity index (χ4n) is 2.69. The van der Waals surface area contributed by atoms with Crippen LogP contribution >= 0.6 is 0 Å². The number of hydrogen-bond acceptors (Lipinski definition) is 5. The SMILES string of the molecule is N#CC1(NC(=O)COC(=O)CCCOc2ccccc2)CCCC1. The first-order valence-corrected chi connectivity index (χ1v) is 8.19. The highest BCUT2D eigenvalue weighted by Crippen LogP contribution is 2.28. The van der Waals surface area contributed by atoms with Crippen LogP contribution in [0.3, 0.4) is 0 Å². The Labute approximate surface area is 141 Å². The van der Waals surface area contributed by atoms with E-state index in [2.05, 4.69) is 11.4 Å². The van der Waals surface area contributed by atoms with Crippen LogP contribution in [0.15, 0.2) is 30.3 Å². The maximum Gasteiger partial charge on any atom is 0.306 e. The molecule has 1 amide bonds. The molecule has 0 aromatic heterocycles. The Morgan fingerprint density at radius 2 is 1.92 bits per heavy atom. The monoisotopic (exact) mass is 330 g/mol. The van der Waals surface area contributed by atoms with Crippen LogP contribution in [0.1, 0.15) is 38.5 Å². The van der Waals surface area contributed by atoms with Crippen LogP contribution in [0.25, 0.3) is 0 Å². The summed E-state index contributed by atoms with van der Waals surface area (Å²) >= 11 is 0. The number of amides is 1. The van der Waals surface area contributed by atoms with Gasteiger partial charge in [-0.3, -0.25) is 9.59 Å². The van der Waals surface area contributed by atoms with Crippen molar-refractivity contribution in [1.29, 1.82) is 5.26 Å². The fraction of sp³-hybridized carbons (Fsp3) is 0.500. The fourth-order valence-corrected chi connectivity index (χ4v) is 2.69. The highest BCUT2D eigenvalue weighted by atomic mass is 16.5. The van der Waals surface area contributed by atoms with Crippen LogP contribution < -0.4 is 10.1 Å². The molecule has 1 fully saturated rings. The van der Waals surface area contributed by atoms with Gasteiger partial charge in [-0.2, -0.15) is 5.26 Å². The number of nitrogens with one attached hydrogen (secondary N) is 1. The molecule has 0 atom stereocenters. The third-order valence-electron chi connectivity index (χ3n) is 3.95. The van der Waals surface area contributed by atoms with E-state index in [9.17, 15) is 14.9 Å². The molecule has 1 aromatic carbocycles. The first kappa shape index (κ1) is 17.8. The van der Waals surface area contributed by atoms with E-state index in [0.29, 0.717) is 25.9 Å². The number of carbonyl (C=O) groups is 2. The Kier molecular flexibility index (Phi) is 6.62. The summed E-state index contributed by atoms with van der Waals surface area (Å²) in [4.78, 5) is 23.4. The molecular formula is C18H22N2O4. The van der Waals surface area contributed by atoms with Crippen molar-refractivity contribution >= 4 is 11.9 Å². The van der Waals surface area contributed by atoms with Crippen molar-refractivity contribution in [2.75, 3.05) is 13.2 Å². The molecule has 0 spiro atoms. The Hall–Kier alpha value is -2.55. The molecule has 6 nitrogen and oxygen atoms in total. The molecule has 0 bridgehead atoms. The zero-order chi connectivity index (χ0) is 17.3. The molecule has 1 saturated carbocycles. The van der Waals surface area contributed by atoms with Crippen LogP contribution in [-0.4, -0.2) is 30.6 Å². The van der Waals surface area contributed by atoms with E-state index in [1.54, 1.807) is 0 Å². The lowest BCUT2D eigenvalue weighted by Gasteiger charge is -2.21. The molecule has 6 heteroatoms. The van der Waals surface area contributed by atoms with E-state index >= 15 is 0 Å². The van der Waals surface area contributed by atoms with Crippen molar-refractivity contribution in [2.24, 2.45) is 0 Å². The summed E-state index contributed by atoms with van der Waals surface area (Å²) in [5.74, 6) is -0.116. The van der Waals surface area contributed by atoms with Gasteiger partial charge in [-0.1, -0.05) is 18.2 Å². The first-order valence-electron chi connectivity index (χ1n) is 8.19. The van der Waals surface area contributed by atoms with E-state index < -0.39 is 17.4 Å². The predicted molar refractivity (Wildman–Crippen MR) is 87.1 cm³/mol. The predicted octanol–water partition coefficient (Wildman–Crippen LogP) is 2.34. The normalized spacial score (nSPS) is 15.3. The van der Waals surface area contributed by atoms with Gasteiger partial charge in [0.15, 0.2) is 6.61 Å². The van der Waals surface area contributed by atoms with Gasteiger partial charge < -0.3 is 14.8 Å². The number of esters is 1. The van der Waals surface area contributed by atoms with Crippen LogP contribution in [-0.2, 0) is 14.3 Å². The summed E-state index contributed by atoms with van der Waals surface area (Å²) in [5.41, 5.74) is -0.785. The van der Waals surface area contributed by atoms with Crippen LogP contribution in [0.4, 0.5) is 0 Å². The number of nitrogens with zero attached hydrogens (tertiary/aromatic N) is 1. The van der Waals surface area contributed by atoms with Gasteiger partial charge in [0.1, 0.15) is 11.3 Å². The van der Waals surface area contributed by atoms with E-state index in [1.165, 1.54) is 0 Å². The molecule has 1 aliphatic carbocycles. The average molecular weight is 330 g/mol. The van der Waals surface area contributed by atoms with Gasteiger partial charge in [0.25, 0.3) is 5.91 Å². The highest BCUT2D eigenvalue weighted by Gasteiger charge is 2.35. The van der Waals surface area contributed by atoms with Crippen molar-refractivity contribution in [3.05, 3.63) is 30.3 Å². The van der Waals surface area contributed by atoms with E-state index in [0.717, 1.165) is 18.6 Å². The Balaban J connectivity index is 1.59. The second-order valence-electron chi connectivity index (χ2n) is 5.87. The quantitative estimate of drug-likeness (QED) is 0.584. The summed E-state index contributed by atoms with van der Waals surface area (Å²) in [6.07, 6.45) is 3.85. The van der Waals surface area contributed by atoms with Crippen molar-refractivity contribution in [3.8, 4) is 11.8 Å². The zero-order valence-electron chi connectivity index (χ0n) is 13.6. The zero-order valence-corrected chi connectivity index (χ0v) is 13.6. The van der Waals surface area contributed by atoms with Crippen molar-refractivity contribution in [2.45, 2.75) is 44.1 Å². The molecule has 1 aliphatic rings. The van der Waals surface area contributed by atoms with Crippen LogP contribution in [0, 0.1) is 11.3 Å². The number of ether oxygens (including phenoxy) is 2. The van der Waals surface area contributed by atoms with Gasteiger partial charge >= 0.3 is 5.97 Å². The summed E-state index contributed by atoms with van der Waals surface area (Å²) in [6, 6.07) is 11.5. The lowest BCUT2D eigenvalue weighted by Crippen LogP contribution is -2.46. The highest BCUT2D eigenvalue weighted by molar-refractivity contribution is 5.81. The largest absolute Gasteiger partial charge is 0.494 e. The summed E-state index contributed by atoms with van der Waals surface area (Å²) < 4.78 is 10.4. The Morgan fingerprint density at radius 1 is 1.21 bits per heavy atom. The molecule has 128 valence electrons. The minimum absolute atomic E-state index is 0.184. The number of rotatable bonds is 8. The minimum Gasteiger partial charge on any atom is -0.494 e. The second-order valence-corrected chi connectivity index (χ2v) is 5.87. The van der Waals surface area contributed by atoms with Crippen LogP contribution in [0.2, 0.25) is 0 Å². The van der Waals surface area contributed by atoms with Gasteiger partial charge in [-0.15, -0.1) is 0 Å². The summed E-state index contributed by atoms with van der Waals surface area (Å²) in [7, 11) is 0. The molecule has 0 unspecified atom stereocenters. The van der Waals surface area contributed by atoms with Gasteiger partial charge in [-0.25, -0.2) is 0 Å². The molecule has 0 radical (unpaired) electrons. The van der Waals surface area contributed by atoms with Gasteiger partial charge in [0.05, 0.1) is 12.7 Å².